The molecule has 4 aromatic rings. The SMILES string of the molecule is Cc1ccc(NC(=O)c2sc3nc4c(c(-c5ccco5)c3c2N)CCCC4)cc1Cl. The zero-order valence-electron chi connectivity index (χ0n) is 16.4. The summed E-state index contributed by atoms with van der Waals surface area (Å²) in [6.07, 6.45) is 5.76. The monoisotopic (exact) mass is 437 g/mol. The highest BCUT2D eigenvalue weighted by molar-refractivity contribution is 7.21. The van der Waals surface area contributed by atoms with E-state index in [1.165, 1.54) is 16.9 Å². The number of hydrogen-bond acceptors (Lipinski definition) is 5. The maximum absolute atomic E-state index is 13.0. The van der Waals surface area contributed by atoms with Crippen molar-refractivity contribution in [2.45, 2.75) is 32.6 Å². The van der Waals surface area contributed by atoms with Crippen LogP contribution in [-0.4, -0.2) is 10.9 Å². The van der Waals surface area contributed by atoms with Gasteiger partial charge >= 0.3 is 0 Å². The highest BCUT2D eigenvalue weighted by Crippen LogP contribution is 2.44. The van der Waals surface area contributed by atoms with Gasteiger partial charge in [0.25, 0.3) is 5.91 Å². The van der Waals surface area contributed by atoms with Gasteiger partial charge in [-0.3, -0.25) is 4.79 Å². The van der Waals surface area contributed by atoms with Crippen molar-refractivity contribution >= 4 is 50.4 Å². The number of anilines is 2. The molecule has 3 aromatic heterocycles. The lowest BCUT2D eigenvalue weighted by Crippen LogP contribution is -2.12. The van der Waals surface area contributed by atoms with E-state index in [2.05, 4.69) is 5.32 Å². The van der Waals surface area contributed by atoms with Gasteiger partial charge in [0.2, 0.25) is 0 Å². The molecule has 0 unspecified atom stereocenters. The van der Waals surface area contributed by atoms with Crippen LogP contribution in [0, 0.1) is 6.92 Å². The van der Waals surface area contributed by atoms with Crippen LogP contribution in [0.5, 0.6) is 0 Å². The van der Waals surface area contributed by atoms with Crippen LogP contribution < -0.4 is 11.1 Å². The van der Waals surface area contributed by atoms with Gasteiger partial charge in [-0.05, 0) is 68.0 Å². The Morgan fingerprint density at radius 2 is 2.10 bits per heavy atom. The number of rotatable bonds is 3. The first-order valence-corrected chi connectivity index (χ1v) is 11.1. The number of halogens is 1. The van der Waals surface area contributed by atoms with E-state index >= 15 is 0 Å². The van der Waals surface area contributed by atoms with Crippen molar-refractivity contribution in [2.75, 3.05) is 11.1 Å². The Labute approximate surface area is 182 Å². The smallest absolute Gasteiger partial charge is 0.267 e. The van der Waals surface area contributed by atoms with Crippen LogP contribution in [0.1, 0.15) is 39.3 Å². The normalized spacial score (nSPS) is 13.4. The number of benzene rings is 1. The minimum Gasteiger partial charge on any atom is -0.464 e. The van der Waals surface area contributed by atoms with Crippen LogP contribution in [0.4, 0.5) is 11.4 Å². The van der Waals surface area contributed by atoms with E-state index in [0.29, 0.717) is 21.3 Å². The quantitative estimate of drug-likeness (QED) is 0.398. The average molecular weight is 438 g/mol. The minimum absolute atomic E-state index is 0.265. The number of furan rings is 1. The Morgan fingerprint density at radius 3 is 2.87 bits per heavy atom. The van der Waals surface area contributed by atoms with Crippen molar-refractivity contribution in [3.63, 3.8) is 0 Å². The molecule has 0 spiro atoms. The average Bonchev–Trinajstić information content (AvgIpc) is 3.38. The summed E-state index contributed by atoms with van der Waals surface area (Å²) in [6, 6.07) is 9.25. The third-order valence-electron chi connectivity index (χ3n) is 5.56. The molecule has 0 saturated carbocycles. The first-order valence-electron chi connectivity index (χ1n) is 9.88. The molecule has 3 N–H and O–H groups in total. The van der Waals surface area contributed by atoms with Crippen LogP contribution in [-0.2, 0) is 12.8 Å². The number of carbonyl (C=O) groups is 1. The molecule has 5 nitrogen and oxygen atoms in total. The Bertz CT molecular complexity index is 1280. The predicted molar refractivity (Wildman–Crippen MR) is 123 cm³/mol. The number of fused-ring (bicyclic) bond motifs is 2. The second-order valence-electron chi connectivity index (χ2n) is 7.54. The van der Waals surface area contributed by atoms with E-state index in [-0.39, 0.29) is 5.91 Å². The summed E-state index contributed by atoms with van der Waals surface area (Å²) < 4.78 is 5.74. The third-order valence-corrected chi connectivity index (χ3v) is 7.06. The van der Waals surface area contributed by atoms with Gasteiger partial charge < -0.3 is 15.5 Å². The molecule has 1 aliphatic rings. The van der Waals surface area contributed by atoms with Gasteiger partial charge in [0, 0.05) is 27.4 Å². The number of pyridine rings is 1. The summed E-state index contributed by atoms with van der Waals surface area (Å²) in [5.74, 6) is 0.501. The summed E-state index contributed by atoms with van der Waals surface area (Å²) in [5, 5.41) is 4.32. The van der Waals surface area contributed by atoms with Crippen LogP contribution in [0.25, 0.3) is 21.5 Å². The van der Waals surface area contributed by atoms with Gasteiger partial charge in [-0.25, -0.2) is 4.98 Å². The molecule has 0 radical (unpaired) electrons. The summed E-state index contributed by atoms with van der Waals surface area (Å²) in [6.45, 7) is 1.92. The molecular weight excluding hydrogens is 418 g/mol. The van der Waals surface area contributed by atoms with E-state index < -0.39 is 0 Å². The molecule has 5 rings (SSSR count). The zero-order chi connectivity index (χ0) is 20.8. The standard InChI is InChI=1S/C23H20ClN3O2S/c1-12-8-9-13(11-15(12)24)26-22(28)21-20(25)19-18(17-7-4-10-29-17)14-5-2-3-6-16(14)27-23(19)30-21/h4,7-11H,2-3,5-6,25H2,1H3,(H,26,28). The Morgan fingerprint density at radius 1 is 1.27 bits per heavy atom. The number of hydrogen-bond donors (Lipinski definition) is 2. The molecule has 1 aromatic carbocycles. The Hall–Kier alpha value is -2.83. The molecule has 7 heteroatoms. The molecule has 0 saturated heterocycles. The van der Waals surface area contributed by atoms with Gasteiger partial charge in [0.1, 0.15) is 15.5 Å². The predicted octanol–water partition coefficient (Wildman–Crippen LogP) is 6.23. The van der Waals surface area contributed by atoms with Crippen molar-refractivity contribution in [2.24, 2.45) is 0 Å². The van der Waals surface area contributed by atoms with Crippen LogP contribution >= 0.6 is 22.9 Å². The van der Waals surface area contributed by atoms with E-state index in [1.54, 1.807) is 12.3 Å². The maximum Gasteiger partial charge on any atom is 0.267 e. The second-order valence-corrected chi connectivity index (χ2v) is 8.95. The lowest BCUT2D eigenvalue weighted by molar-refractivity contribution is 0.103. The van der Waals surface area contributed by atoms with E-state index in [0.717, 1.165) is 58.5 Å². The molecule has 0 aliphatic heterocycles. The number of thiophene rings is 1. The van der Waals surface area contributed by atoms with Gasteiger partial charge in [0.15, 0.2) is 0 Å². The number of aromatic nitrogens is 1. The minimum atomic E-state index is -0.265. The molecule has 152 valence electrons. The number of nitrogen functional groups attached to an aromatic ring is 1. The van der Waals surface area contributed by atoms with E-state index in [1.807, 2.05) is 31.2 Å². The molecule has 1 aliphatic carbocycles. The summed E-state index contributed by atoms with van der Waals surface area (Å²) >= 11 is 7.52. The number of nitrogens with one attached hydrogen (secondary N) is 1. The molecule has 30 heavy (non-hydrogen) atoms. The Kier molecular flexibility index (Phi) is 4.76. The van der Waals surface area contributed by atoms with Crippen molar-refractivity contribution in [1.29, 1.82) is 0 Å². The van der Waals surface area contributed by atoms with Crippen molar-refractivity contribution < 1.29 is 9.21 Å². The molecule has 0 atom stereocenters. The highest BCUT2D eigenvalue weighted by Gasteiger charge is 2.26. The third kappa shape index (κ3) is 3.16. The Balaban J connectivity index is 1.64. The highest BCUT2D eigenvalue weighted by atomic mass is 35.5. The molecule has 1 amide bonds. The van der Waals surface area contributed by atoms with E-state index in [9.17, 15) is 4.79 Å². The summed E-state index contributed by atoms with van der Waals surface area (Å²) in [4.78, 5) is 19.1. The van der Waals surface area contributed by atoms with Crippen LogP contribution in [0.15, 0.2) is 41.0 Å². The lowest BCUT2D eigenvalue weighted by atomic mass is 9.89. The first kappa shape index (κ1) is 19.2. The molecule has 0 bridgehead atoms. The zero-order valence-corrected chi connectivity index (χ0v) is 18.0. The van der Waals surface area contributed by atoms with Crippen molar-refractivity contribution in [1.82, 2.24) is 4.98 Å². The number of aryl methyl sites for hydroxylation is 2. The van der Waals surface area contributed by atoms with E-state index in [4.69, 9.17) is 26.7 Å². The number of carbonyl (C=O) groups excluding carboxylic acids is 1. The number of nitrogens with zero attached hydrogens (tertiary/aromatic N) is 1. The number of nitrogens with two attached hydrogens (primary N) is 1. The van der Waals surface area contributed by atoms with Gasteiger partial charge in [-0.1, -0.05) is 17.7 Å². The molecule has 0 fully saturated rings. The van der Waals surface area contributed by atoms with Gasteiger partial charge in [-0.15, -0.1) is 11.3 Å². The summed E-state index contributed by atoms with van der Waals surface area (Å²) in [7, 11) is 0. The van der Waals surface area contributed by atoms with Crippen molar-refractivity contribution in [3.8, 4) is 11.3 Å². The second kappa shape index (κ2) is 7.45. The topological polar surface area (TPSA) is 81.2 Å². The van der Waals surface area contributed by atoms with Gasteiger partial charge in [-0.2, -0.15) is 0 Å². The molecular formula is C23H20ClN3O2S. The van der Waals surface area contributed by atoms with Gasteiger partial charge in [0.05, 0.1) is 12.0 Å². The lowest BCUT2D eigenvalue weighted by Gasteiger charge is -2.18. The summed E-state index contributed by atoms with van der Waals surface area (Å²) in [5.41, 5.74) is 11.8. The fourth-order valence-electron chi connectivity index (χ4n) is 4.03. The fraction of sp³-hybridized carbons (Fsp3) is 0.217. The van der Waals surface area contributed by atoms with Crippen LogP contribution in [0.3, 0.4) is 0 Å². The van der Waals surface area contributed by atoms with Crippen molar-refractivity contribution in [3.05, 3.63) is 63.3 Å². The fourth-order valence-corrected chi connectivity index (χ4v) is 5.23. The molecule has 3 heterocycles. The number of amides is 1. The van der Waals surface area contributed by atoms with Crippen LogP contribution in [0.2, 0.25) is 5.02 Å². The first-order chi connectivity index (χ1) is 14.5. The maximum atomic E-state index is 13.0. The largest absolute Gasteiger partial charge is 0.464 e.